The number of carbonyl (C=O) groups is 1. The summed E-state index contributed by atoms with van der Waals surface area (Å²) in [6, 6.07) is 5.97. The van der Waals surface area contributed by atoms with Crippen molar-refractivity contribution >= 4 is 37.0 Å². The van der Waals surface area contributed by atoms with Crippen LogP contribution in [0.5, 0.6) is 0 Å². The summed E-state index contributed by atoms with van der Waals surface area (Å²) in [4.78, 5) is 9.80. The number of unbranched alkanes of at least 4 members (excludes halogenated alkanes) is 1. The van der Waals surface area contributed by atoms with Gasteiger partial charge in [-0.05, 0) is 17.9 Å². The molecule has 0 aromatic heterocycles. The van der Waals surface area contributed by atoms with Gasteiger partial charge in [0, 0.05) is 5.39 Å². The van der Waals surface area contributed by atoms with E-state index in [4.69, 9.17) is 4.18 Å². The Morgan fingerprint density at radius 3 is 2.19 bits per heavy atom. The summed E-state index contributed by atoms with van der Waals surface area (Å²) in [6.07, 6.45) is 1.13. The number of aromatic carboxylic acids is 1. The zero-order valence-corrected chi connectivity index (χ0v) is 17.8. The van der Waals surface area contributed by atoms with E-state index < -0.39 is 41.6 Å². The van der Waals surface area contributed by atoms with E-state index in [-0.39, 0.29) is 46.9 Å². The van der Waals surface area contributed by atoms with Crippen LogP contribution in [-0.4, -0.2) is 39.1 Å². The molecule has 0 saturated heterocycles. The van der Waals surface area contributed by atoms with Gasteiger partial charge in [0.25, 0.3) is 10.1 Å². The third kappa shape index (κ3) is 4.83. The van der Waals surface area contributed by atoms with Gasteiger partial charge in [-0.15, -0.1) is 0 Å². The Hall–Kier alpha value is -1.01. The fraction of sp³-hybridized carbons (Fsp3) is 0.267. The molecule has 0 amide bonds. The summed E-state index contributed by atoms with van der Waals surface area (Å²) in [6.45, 7) is 1.71. The Morgan fingerprint density at radius 2 is 1.69 bits per heavy atom. The van der Waals surface area contributed by atoms with Gasteiger partial charge in [0.05, 0.1) is 17.1 Å². The average molecular weight is 410 g/mol. The predicted octanol–water partition coefficient (Wildman–Crippen LogP) is -1.05. The molecular weight excluding hydrogens is 395 g/mol. The predicted molar refractivity (Wildman–Crippen MR) is 86.9 cm³/mol. The monoisotopic (exact) mass is 410 g/mol. The van der Waals surface area contributed by atoms with Crippen LogP contribution >= 0.6 is 0 Å². The van der Waals surface area contributed by atoms with E-state index in [0.717, 1.165) is 0 Å². The molecule has 0 unspecified atom stereocenters. The molecule has 26 heavy (non-hydrogen) atoms. The fourth-order valence-corrected chi connectivity index (χ4v) is 4.28. The van der Waals surface area contributed by atoms with Crippen molar-refractivity contribution in [2.75, 3.05) is 6.61 Å². The number of hydrogen-bond donors (Lipinski definition) is 1. The van der Waals surface area contributed by atoms with Crippen molar-refractivity contribution in [2.24, 2.45) is 0 Å². The first-order chi connectivity index (χ1) is 11.6. The van der Waals surface area contributed by atoms with E-state index in [2.05, 4.69) is 0 Å². The maximum absolute atomic E-state index is 12.4. The van der Waals surface area contributed by atoms with Gasteiger partial charge >= 0.3 is 35.5 Å². The molecule has 0 fully saturated rings. The zero-order chi connectivity index (χ0) is 18.8. The smallest absolute Gasteiger partial charge is 0.744 e. The third-order valence-electron chi connectivity index (χ3n) is 3.46. The van der Waals surface area contributed by atoms with Gasteiger partial charge in [0.1, 0.15) is 15.0 Å². The number of carboxylic acids is 1. The maximum Gasteiger partial charge on any atom is 1.00 e. The fourth-order valence-electron chi connectivity index (χ4n) is 2.32. The summed E-state index contributed by atoms with van der Waals surface area (Å²) in [5, 5.41) is 9.10. The molecule has 0 saturated carbocycles. The molecule has 0 aliphatic heterocycles. The van der Waals surface area contributed by atoms with Crippen LogP contribution in [0, 0.1) is 0 Å². The number of rotatable bonds is 7. The van der Waals surface area contributed by atoms with Crippen LogP contribution in [0.4, 0.5) is 0 Å². The van der Waals surface area contributed by atoms with Gasteiger partial charge in [-0.3, -0.25) is 4.18 Å². The summed E-state index contributed by atoms with van der Waals surface area (Å²) in [5.74, 6) is -1.65. The quantitative estimate of drug-likeness (QED) is 0.264. The zero-order valence-electron chi connectivity index (χ0n) is 14.1. The van der Waals surface area contributed by atoms with Crippen LogP contribution in [0.3, 0.4) is 0 Å². The van der Waals surface area contributed by atoms with Crippen LogP contribution < -0.4 is 29.6 Å². The summed E-state index contributed by atoms with van der Waals surface area (Å²) < 4.78 is 64.2. The minimum Gasteiger partial charge on any atom is -0.744 e. The molecule has 0 aliphatic rings. The Bertz CT molecular complexity index is 1030. The average Bonchev–Trinajstić information content (AvgIpc) is 2.52. The number of benzene rings is 2. The van der Waals surface area contributed by atoms with E-state index in [1.165, 1.54) is 24.3 Å². The molecule has 0 spiro atoms. The van der Waals surface area contributed by atoms with E-state index in [1.54, 1.807) is 0 Å². The Balaban J connectivity index is 0.00000338. The van der Waals surface area contributed by atoms with Crippen molar-refractivity contribution in [1.29, 1.82) is 0 Å². The Morgan fingerprint density at radius 1 is 1.12 bits per heavy atom. The minimum atomic E-state index is -5.23. The van der Waals surface area contributed by atoms with Crippen LogP contribution in [0.2, 0.25) is 0 Å². The van der Waals surface area contributed by atoms with Crippen molar-refractivity contribution in [3.8, 4) is 0 Å². The minimum absolute atomic E-state index is 0. The normalized spacial score (nSPS) is 11.9. The molecule has 0 aliphatic carbocycles. The van der Waals surface area contributed by atoms with Crippen molar-refractivity contribution < 1.29 is 65.0 Å². The van der Waals surface area contributed by atoms with Gasteiger partial charge in [-0.2, -0.15) is 8.42 Å². The number of carboxylic acid groups (broad SMARTS) is 1. The molecule has 0 radical (unpaired) electrons. The molecular formula is C15H15NaO8S2. The van der Waals surface area contributed by atoms with E-state index >= 15 is 0 Å². The third-order valence-corrected chi connectivity index (χ3v) is 5.67. The molecule has 0 atom stereocenters. The second-order valence-corrected chi connectivity index (χ2v) is 8.11. The van der Waals surface area contributed by atoms with Crippen LogP contribution in [0.25, 0.3) is 10.8 Å². The Kier molecular flexibility index (Phi) is 7.78. The van der Waals surface area contributed by atoms with Crippen molar-refractivity contribution in [1.82, 2.24) is 0 Å². The second-order valence-electron chi connectivity index (χ2n) is 5.18. The molecule has 2 rings (SSSR count). The standard InChI is InChI=1S/C15H16O8S2.Na/c1-2-3-8-23-25(21,22)12-9-13(24(18,19)20)14(15(16)17)11-7-5-4-6-10(11)12;/h4-7,9H,2-3,8H2,1H3,(H,16,17)(H,18,19,20);/q;+1/p-1. The molecule has 11 heteroatoms. The number of fused-ring (bicyclic) bond motifs is 1. The second kappa shape index (κ2) is 8.79. The molecule has 2 aromatic rings. The first kappa shape index (κ1) is 23.0. The van der Waals surface area contributed by atoms with Crippen LogP contribution in [-0.2, 0) is 24.4 Å². The van der Waals surface area contributed by atoms with Crippen LogP contribution in [0.1, 0.15) is 30.1 Å². The first-order valence-electron chi connectivity index (χ1n) is 7.24. The van der Waals surface area contributed by atoms with Gasteiger partial charge in [-0.1, -0.05) is 37.6 Å². The van der Waals surface area contributed by atoms with E-state index in [9.17, 15) is 31.3 Å². The van der Waals surface area contributed by atoms with Gasteiger partial charge in [0.2, 0.25) is 0 Å². The largest absolute Gasteiger partial charge is 1.00 e. The molecule has 0 bridgehead atoms. The summed E-state index contributed by atoms with van der Waals surface area (Å²) >= 11 is 0. The molecule has 2 aromatic carbocycles. The topological polar surface area (TPSA) is 138 Å². The summed E-state index contributed by atoms with van der Waals surface area (Å²) in [5.41, 5.74) is -0.766. The van der Waals surface area contributed by atoms with Crippen molar-refractivity contribution in [3.05, 3.63) is 35.9 Å². The SMILES string of the molecule is CCCCOS(=O)(=O)c1cc(S(=O)(=O)[O-])c(C(=O)O)c2ccccc12.[Na+]. The van der Waals surface area contributed by atoms with Gasteiger partial charge in [0.15, 0.2) is 0 Å². The van der Waals surface area contributed by atoms with Crippen molar-refractivity contribution in [3.63, 3.8) is 0 Å². The first-order valence-corrected chi connectivity index (χ1v) is 10.1. The van der Waals surface area contributed by atoms with Gasteiger partial charge < -0.3 is 9.66 Å². The number of hydrogen-bond acceptors (Lipinski definition) is 7. The molecule has 1 N–H and O–H groups in total. The van der Waals surface area contributed by atoms with Crippen molar-refractivity contribution in [2.45, 2.75) is 29.6 Å². The molecule has 8 nitrogen and oxygen atoms in total. The molecule has 0 heterocycles. The van der Waals surface area contributed by atoms with E-state index in [0.29, 0.717) is 18.9 Å². The van der Waals surface area contributed by atoms with Gasteiger partial charge in [-0.25, -0.2) is 13.2 Å². The Labute approximate surface area is 173 Å². The van der Waals surface area contributed by atoms with Crippen LogP contribution in [0.15, 0.2) is 40.1 Å². The van der Waals surface area contributed by atoms with E-state index in [1.807, 2.05) is 6.92 Å². The molecule has 136 valence electrons. The maximum atomic E-state index is 12.4. The summed E-state index contributed by atoms with van der Waals surface area (Å²) in [7, 11) is -9.61.